The van der Waals surface area contributed by atoms with Gasteiger partial charge in [-0.3, -0.25) is 0 Å². The van der Waals surface area contributed by atoms with Crippen LogP contribution in [0.2, 0.25) is 5.02 Å². The van der Waals surface area contributed by atoms with Gasteiger partial charge in [-0.25, -0.2) is 5.43 Å². The van der Waals surface area contributed by atoms with Gasteiger partial charge in [0.15, 0.2) is 0 Å². The van der Waals surface area contributed by atoms with Crippen molar-refractivity contribution in [2.75, 3.05) is 0 Å². The van der Waals surface area contributed by atoms with E-state index in [2.05, 4.69) is 25.5 Å². The van der Waals surface area contributed by atoms with Crippen molar-refractivity contribution >= 4 is 36.1 Å². The van der Waals surface area contributed by atoms with Crippen LogP contribution >= 0.6 is 11.6 Å². The molecule has 0 radical (unpaired) electrons. The summed E-state index contributed by atoms with van der Waals surface area (Å²) in [7, 11) is 0. The van der Waals surface area contributed by atoms with Crippen LogP contribution in [0.5, 0.6) is 5.75 Å². The van der Waals surface area contributed by atoms with Crippen LogP contribution in [0.1, 0.15) is 11.1 Å². The zero-order valence-corrected chi connectivity index (χ0v) is 15.0. The van der Waals surface area contributed by atoms with Gasteiger partial charge >= 0.3 is 6.36 Å². The van der Waals surface area contributed by atoms with Gasteiger partial charge in [0.25, 0.3) is 0 Å². The molecule has 10 heteroatoms. The Bertz CT molecular complexity index is 876. The Kier molecular flexibility index (Phi) is 7.58. The minimum Gasteiger partial charge on any atom is -0.406 e. The van der Waals surface area contributed by atoms with Gasteiger partial charge in [0.2, 0.25) is 5.96 Å². The number of hydrogen-bond acceptors (Lipinski definition) is 4. The van der Waals surface area contributed by atoms with Crippen molar-refractivity contribution in [2.45, 2.75) is 6.36 Å². The summed E-state index contributed by atoms with van der Waals surface area (Å²) in [5.74, 6) is -0.385. The van der Waals surface area contributed by atoms with Gasteiger partial charge in [-0.15, -0.1) is 18.3 Å². The molecule has 2 aromatic carbocycles. The Morgan fingerprint density at radius 3 is 2.32 bits per heavy atom. The number of nitrogens with zero attached hydrogens (tertiary/aromatic N) is 3. The van der Waals surface area contributed by atoms with Crippen LogP contribution in [0.3, 0.4) is 0 Å². The number of halogens is 4. The molecule has 0 spiro atoms. The van der Waals surface area contributed by atoms with Gasteiger partial charge < -0.3 is 10.5 Å². The first-order valence-corrected chi connectivity index (χ1v) is 8.13. The number of hydrogen-bond donors (Lipinski definition) is 2. The van der Waals surface area contributed by atoms with Gasteiger partial charge in [-0.2, -0.15) is 10.2 Å². The number of hydrazone groups is 1. The maximum absolute atomic E-state index is 12.1. The van der Waals surface area contributed by atoms with E-state index in [4.69, 9.17) is 17.3 Å². The molecule has 0 amide bonds. The van der Waals surface area contributed by atoms with Crippen LogP contribution in [-0.4, -0.2) is 24.8 Å². The zero-order valence-electron chi connectivity index (χ0n) is 14.3. The number of nitrogens with one attached hydrogen (secondary N) is 1. The van der Waals surface area contributed by atoms with E-state index in [1.165, 1.54) is 36.7 Å². The van der Waals surface area contributed by atoms with E-state index >= 15 is 0 Å². The maximum Gasteiger partial charge on any atom is 0.573 e. The third-order valence-corrected chi connectivity index (χ3v) is 3.24. The van der Waals surface area contributed by atoms with Crippen LogP contribution < -0.4 is 15.9 Å². The smallest absolute Gasteiger partial charge is 0.406 e. The van der Waals surface area contributed by atoms with Crippen molar-refractivity contribution in [3.63, 3.8) is 0 Å². The summed E-state index contributed by atoms with van der Waals surface area (Å²) in [6, 6.07) is 12.4. The quantitative estimate of drug-likeness (QED) is 0.426. The van der Waals surface area contributed by atoms with E-state index in [1.807, 2.05) is 18.2 Å². The van der Waals surface area contributed by atoms with Gasteiger partial charge in [0.1, 0.15) is 5.75 Å². The number of guanidine groups is 1. The van der Waals surface area contributed by atoms with E-state index < -0.39 is 6.36 Å². The Morgan fingerprint density at radius 2 is 1.68 bits per heavy atom. The monoisotopic (exact) mass is 409 g/mol. The second kappa shape index (κ2) is 10.1. The highest BCUT2D eigenvalue weighted by atomic mass is 35.5. The summed E-state index contributed by atoms with van der Waals surface area (Å²) in [4.78, 5) is 0. The molecule has 0 aliphatic rings. The molecule has 0 saturated carbocycles. The summed E-state index contributed by atoms with van der Waals surface area (Å²) in [5.41, 5.74) is 9.48. The van der Waals surface area contributed by atoms with Crippen molar-refractivity contribution in [2.24, 2.45) is 21.0 Å². The first kappa shape index (κ1) is 21.0. The van der Waals surface area contributed by atoms with Crippen molar-refractivity contribution in [1.82, 2.24) is 5.43 Å². The van der Waals surface area contributed by atoms with E-state index in [0.717, 1.165) is 5.56 Å². The molecular formula is C18H15ClF3N5O. The van der Waals surface area contributed by atoms with Crippen LogP contribution in [-0.2, 0) is 0 Å². The summed E-state index contributed by atoms with van der Waals surface area (Å²) >= 11 is 5.79. The van der Waals surface area contributed by atoms with Crippen LogP contribution in [0.15, 0.2) is 69.9 Å². The highest BCUT2D eigenvalue weighted by Gasteiger charge is 2.30. The first-order valence-electron chi connectivity index (χ1n) is 7.75. The molecule has 0 saturated heterocycles. The highest BCUT2D eigenvalue weighted by molar-refractivity contribution is 6.30. The molecule has 2 aromatic rings. The molecule has 146 valence electrons. The lowest BCUT2D eigenvalue weighted by atomic mass is 10.2. The molecule has 28 heavy (non-hydrogen) atoms. The standard InChI is InChI=1S/C18H15ClF3N5O/c19-15-7-3-13(4-8-15)2-1-11-24-26-17(23)27-25-12-14-5-9-16(10-6-14)28-18(20,21)22/h1-12H,(H3,23,26,27). The number of allylic oxidation sites excluding steroid dienone is 1. The lowest BCUT2D eigenvalue weighted by molar-refractivity contribution is -0.274. The predicted octanol–water partition coefficient (Wildman–Crippen LogP) is 4.18. The lowest BCUT2D eigenvalue weighted by Crippen LogP contribution is -2.26. The largest absolute Gasteiger partial charge is 0.573 e. The molecule has 0 aliphatic heterocycles. The Balaban J connectivity index is 1.80. The molecule has 3 N–H and O–H groups in total. The highest BCUT2D eigenvalue weighted by Crippen LogP contribution is 2.22. The van der Waals surface area contributed by atoms with Gasteiger partial charge in [0.05, 0.1) is 6.21 Å². The van der Waals surface area contributed by atoms with Gasteiger partial charge in [0, 0.05) is 11.2 Å². The van der Waals surface area contributed by atoms with Gasteiger partial charge in [-0.1, -0.05) is 29.8 Å². The molecule has 6 nitrogen and oxygen atoms in total. The third-order valence-electron chi connectivity index (χ3n) is 2.98. The molecule has 0 atom stereocenters. The molecule has 0 unspecified atom stereocenters. The first-order chi connectivity index (χ1) is 13.3. The SMILES string of the molecule is NC(=NN=CC=Cc1ccc(Cl)cc1)NN=Cc1ccc(OC(F)(F)F)cc1. The molecule has 0 aliphatic carbocycles. The Hall–Kier alpha value is -3.33. The fourth-order valence-corrected chi connectivity index (χ4v) is 1.94. The minimum atomic E-state index is -4.73. The Labute approximate surface area is 163 Å². The fraction of sp³-hybridized carbons (Fsp3) is 0.0556. The molecule has 2 rings (SSSR count). The summed E-state index contributed by atoms with van der Waals surface area (Å²) in [5, 5.41) is 11.9. The predicted molar refractivity (Wildman–Crippen MR) is 104 cm³/mol. The van der Waals surface area contributed by atoms with Crippen molar-refractivity contribution < 1.29 is 17.9 Å². The normalized spacial score (nSPS) is 12.9. The topological polar surface area (TPSA) is 84.4 Å². The van der Waals surface area contributed by atoms with Gasteiger partial charge in [-0.05, 0) is 53.6 Å². The van der Waals surface area contributed by atoms with Crippen molar-refractivity contribution in [1.29, 1.82) is 0 Å². The van der Waals surface area contributed by atoms with E-state index in [1.54, 1.807) is 18.2 Å². The Morgan fingerprint density at radius 1 is 1.04 bits per heavy atom. The number of nitrogens with two attached hydrogens (primary N) is 1. The van der Waals surface area contributed by atoms with Crippen LogP contribution in [0.4, 0.5) is 13.2 Å². The fourth-order valence-electron chi connectivity index (χ4n) is 1.81. The second-order valence-electron chi connectivity index (χ2n) is 5.15. The number of rotatable bonds is 6. The van der Waals surface area contributed by atoms with E-state index in [0.29, 0.717) is 10.6 Å². The molecule has 0 heterocycles. The van der Waals surface area contributed by atoms with E-state index in [-0.39, 0.29) is 11.7 Å². The molecule has 0 bridgehead atoms. The molecule has 0 aromatic heterocycles. The van der Waals surface area contributed by atoms with Crippen LogP contribution in [0.25, 0.3) is 6.08 Å². The zero-order chi connectivity index (χ0) is 20.4. The number of ether oxygens (including phenoxy) is 1. The van der Waals surface area contributed by atoms with Crippen LogP contribution in [0, 0.1) is 0 Å². The lowest BCUT2D eigenvalue weighted by Gasteiger charge is -2.08. The number of alkyl halides is 3. The van der Waals surface area contributed by atoms with E-state index in [9.17, 15) is 13.2 Å². The molecular weight excluding hydrogens is 395 g/mol. The average Bonchev–Trinajstić information content (AvgIpc) is 2.63. The third kappa shape index (κ3) is 8.37. The summed E-state index contributed by atoms with van der Waals surface area (Å²) in [6.07, 6.45) is 1.54. The summed E-state index contributed by atoms with van der Waals surface area (Å²) < 4.78 is 40.0. The minimum absolute atomic E-state index is 0.0654. The van der Waals surface area contributed by atoms with Crippen molar-refractivity contribution in [3.05, 3.63) is 70.8 Å². The number of benzene rings is 2. The van der Waals surface area contributed by atoms with Crippen molar-refractivity contribution in [3.8, 4) is 5.75 Å². The average molecular weight is 410 g/mol. The second-order valence-corrected chi connectivity index (χ2v) is 5.58. The molecule has 0 fully saturated rings. The summed E-state index contributed by atoms with van der Waals surface area (Å²) in [6.45, 7) is 0. The maximum atomic E-state index is 12.1.